The van der Waals surface area contributed by atoms with Crippen molar-refractivity contribution in [2.75, 3.05) is 14.2 Å². The van der Waals surface area contributed by atoms with Crippen LogP contribution in [-0.4, -0.2) is 28.8 Å². The molecule has 2 N–H and O–H groups in total. The van der Waals surface area contributed by atoms with Crippen molar-refractivity contribution in [1.29, 1.82) is 0 Å². The molecule has 108 valence electrons. The van der Waals surface area contributed by atoms with Gasteiger partial charge < -0.3 is 15.2 Å². The summed E-state index contributed by atoms with van der Waals surface area (Å²) in [4.78, 5) is 4.34. The standard InChI is InChI=1S/C15H16N4O2/c1-20-10-4-5-11(13(8-10)21-2)14-12(9-16)15-17-6-3-7-19(15)18-14/h3-8H,9,16H2,1-2H3. The summed E-state index contributed by atoms with van der Waals surface area (Å²) in [6, 6.07) is 7.44. The van der Waals surface area contributed by atoms with E-state index in [4.69, 9.17) is 15.2 Å². The van der Waals surface area contributed by atoms with Crippen LogP contribution in [0.4, 0.5) is 0 Å². The number of rotatable bonds is 4. The maximum absolute atomic E-state index is 5.89. The van der Waals surface area contributed by atoms with Gasteiger partial charge in [0.05, 0.1) is 14.2 Å². The van der Waals surface area contributed by atoms with Crippen LogP contribution in [0.1, 0.15) is 5.56 Å². The topological polar surface area (TPSA) is 74.7 Å². The lowest BCUT2D eigenvalue weighted by atomic mass is 10.1. The summed E-state index contributed by atoms with van der Waals surface area (Å²) < 4.78 is 12.4. The molecule has 0 bridgehead atoms. The first-order valence-electron chi connectivity index (χ1n) is 6.53. The van der Waals surface area contributed by atoms with E-state index >= 15 is 0 Å². The molecule has 1 aromatic carbocycles. The van der Waals surface area contributed by atoms with Crippen LogP contribution in [0.2, 0.25) is 0 Å². The fraction of sp³-hybridized carbons (Fsp3) is 0.200. The number of ether oxygens (including phenoxy) is 2. The summed E-state index contributed by atoms with van der Waals surface area (Å²) in [5, 5.41) is 4.57. The maximum Gasteiger partial charge on any atom is 0.160 e. The predicted molar refractivity (Wildman–Crippen MR) is 79.4 cm³/mol. The Balaban J connectivity index is 2.24. The number of benzene rings is 1. The molecule has 0 radical (unpaired) electrons. The van der Waals surface area contributed by atoms with Crippen LogP contribution in [-0.2, 0) is 6.54 Å². The fourth-order valence-electron chi connectivity index (χ4n) is 2.33. The van der Waals surface area contributed by atoms with E-state index in [0.717, 1.165) is 28.2 Å². The van der Waals surface area contributed by atoms with Crippen molar-refractivity contribution in [3.8, 4) is 22.8 Å². The van der Waals surface area contributed by atoms with Crippen LogP contribution in [0.25, 0.3) is 16.9 Å². The molecular formula is C15H16N4O2. The van der Waals surface area contributed by atoms with E-state index in [1.165, 1.54) is 0 Å². The van der Waals surface area contributed by atoms with Crippen molar-refractivity contribution < 1.29 is 9.47 Å². The zero-order valence-electron chi connectivity index (χ0n) is 11.9. The third-order valence-electron chi connectivity index (χ3n) is 3.36. The second-order valence-electron chi connectivity index (χ2n) is 4.49. The van der Waals surface area contributed by atoms with Crippen LogP contribution in [0.15, 0.2) is 36.7 Å². The highest BCUT2D eigenvalue weighted by Crippen LogP contribution is 2.35. The Kier molecular flexibility index (Phi) is 3.45. The molecule has 0 aliphatic rings. The second kappa shape index (κ2) is 5.41. The lowest BCUT2D eigenvalue weighted by Gasteiger charge is -2.09. The third-order valence-corrected chi connectivity index (χ3v) is 3.36. The zero-order chi connectivity index (χ0) is 14.8. The van der Waals surface area contributed by atoms with E-state index in [0.29, 0.717) is 12.3 Å². The molecule has 0 aliphatic heterocycles. The van der Waals surface area contributed by atoms with Crippen LogP contribution < -0.4 is 15.2 Å². The Morgan fingerprint density at radius 3 is 2.81 bits per heavy atom. The Hall–Kier alpha value is -2.60. The minimum absolute atomic E-state index is 0.352. The summed E-state index contributed by atoms with van der Waals surface area (Å²) in [6.07, 6.45) is 3.58. The zero-order valence-corrected chi connectivity index (χ0v) is 11.9. The lowest BCUT2D eigenvalue weighted by molar-refractivity contribution is 0.395. The number of aromatic nitrogens is 3. The first kappa shape index (κ1) is 13.4. The van der Waals surface area contributed by atoms with Gasteiger partial charge >= 0.3 is 0 Å². The first-order chi connectivity index (χ1) is 10.3. The van der Waals surface area contributed by atoms with Crippen molar-refractivity contribution in [3.63, 3.8) is 0 Å². The average molecular weight is 284 g/mol. The summed E-state index contributed by atoms with van der Waals surface area (Å²) >= 11 is 0. The highest BCUT2D eigenvalue weighted by Gasteiger charge is 2.17. The van der Waals surface area contributed by atoms with E-state index in [-0.39, 0.29) is 0 Å². The van der Waals surface area contributed by atoms with Crippen molar-refractivity contribution in [2.45, 2.75) is 6.54 Å². The smallest absolute Gasteiger partial charge is 0.160 e. The van der Waals surface area contributed by atoms with E-state index < -0.39 is 0 Å². The summed E-state index contributed by atoms with van der Waals surface area (Å²) in [7, 11) is 3.24. The summed E-state index contributed by atoms with van der Waals surface area (Å²) in [5.41, 5.74) is 9.17. The van der Waals surface area contributed by atoms with E-state index in [1.807, 2.05) is 30.5 Å². The summed E-state index contributed by atoms with van der Waals surface area (Å²) in [5.74, 6) is 1.42. The normalized spacial score (nSPS) is 10.8. The molecule has 6 heteroatoms. The molecule has 2 aromatic heterocycles. The monoisotopic (exact) mass is 284 g/mol. The Bertz CT molecular complexity index is 782. The van der Waals surface area contributed by atoms with Crippen molar-refractivity contribution in [2.24, 2.45) is 5.73 Å². The van der Waals surface area contributed by atoms with Gasteiger partial charge in [-0.2, -0.15) is 5.10 Å². The largest absolute Gasteiger partial charge is 0.497 e. The molecule has 0 fully saturated rings. The molecule has 0 saturated heterocycles. The molecule has 0 saturated carbocycles. The van der Waals surface area contributed by atoms with Gasteiger partial charge in [-0.3, -0.25) is 0 Å². The quantitative estimate of drug-likeness (QED) is 0.791. The van der Waals surface area contributed by atoms with E-state index in [9.17, 15) is 0 Å². The third kappa shape index (κ3) is 2.19. The molecule has 0 spiro atoms. The van der Waals surface area contributed by atoms with Gasteiger partial charge in [-0.25, -0.2) is 9.50 Å². The molecule has 6 nitrogen and oxygen atoms in total. The van der Waals surface area contributed by atoms with E-state index in [2.05, 4.69) is 10.1 Å². The number of nitrogens with two attached hydrogens (primary N) is 1. The number of hydrogen-bond acceptors (Lipinski definition) is 5. The van der Waals surface area contributed by atoms with Crippen LogP contribution >= 0.6 is 0 Å². The molecule has 0 atom stereocenters. The minimum atomic E-state index is 0.352. The van der Waals surface area contributed by atoms with Gasteiger partial charge in [0.15, 0.2) is 5.65 Å². The number of fused-ring (bicyclic) bond motifs is 1. The number of methoxy groups -OCH3 is 2. The highest BCUT2D eigenvalue weighted by atomic mass is 16.5. The molecular weight excluding hydrogens is 268 g/mol. The van der Waals surface area contributed by atoms with Gasteiger partial charge in [0, 0.05) is 36.1 Å². The molecule has 3 rings (SSSR count). The van der Waals surface area contributed by atoms with Gasteiger partial charge in [-0.05, 0) is 18.2 Å². The summed E-state index contributed by atoms with van der Waals surface area (Å²) in [6.45, 7) is 0.352. The molecule has 21 heavy (non-hydrogen) atoms. The maximum atomic E-state index is 5.89. The average Bonchev–Trinajstić information content (AvgIpc) is 2.92. The van der Waals surface area contributed by atoms with E-state index in [1.54, 1.807) is 24.9 Å². The Morgan fingerprint density at radius 2 is 2.10 bits per heavy atom. The van der Waals surface area contributed by atoms with Crippen LogP contribution in [0.3, 0.4) is 0 Å². The lowest BCUT2D eigenvalue weighted by Crippen LogP contribution is -1.99. The van der Waals surface area contributed by atoms with Gasteiger partial charge in [0.2, 0.25) is 0 Å². The van der Waals surface area contributed by atoms with Gasteiger partial charge in [-0.15, -0.1) is 0 Å². The van der Waals surface area contributed by atoms with Gasteiger partial charge in [0.25, 0.3) is 0 Å². The second-order valence-corrected chi connectivity index (χ2v) is 4.49. The number of nitrogens with zero attached hydrogens (tertiary/aromatic N) is 3. The van der Waals surface area contributed by atoms with Crippen molar-refractivity contribution in [1.82, 2.24) is 14.6 Å². The van der Waals surface area contributed by atoms with Crippen molar-refractivity contribution in [3.05, 3.63) is 42.2 Å². The SMILES string of the molecule is COc1ccc(-c2nn3cccnc3c2CN)c(OC)c1. The molecule has 3 aromatic rings. The molecule has 0 aliphatic carbocycles. The van der Waals surface area contributed by atoms with Crippen molar-refractivity contribution >= 4 is 5.65 Å². The Labute approximate surface area is 122 Å². The first-order valence-corrected chi connectivity index (χ1v) is 6.53. The van der Waals surface area contributed by atoms with Crippen LogP contribution in [0, 0.1) is 0 Å². The molecule has 0 unspecified atom stereocenters. The fourth-order valence-corrected chi connectivity index (χ4v) is 2.33. The molecule has 0 amide bonds. The molecule has 2 heterocycles. The number of hydrogen-bond donors (Lipinski definition) is 1. The Morgan fingerprint density at radius 1 is 1.24 bits per heavy atom. The highest BCUT2D eigenvalue weighted by molar-refractivity contribution is 5.75. The minimum Gasteiger partial charge on any atom is -0.497 e. The van der Waals surface area contributed by atoms with Gasteiger partial charge in [-0.1, -0.05) is 0 Å². The predicted octanol–water partition coefficient (Wildman–Crippen LogP) is 1.87. The van der Waals surface area contributed by atoms with Crippen LogP contribution in [0.5, 0.6) is 11.5 Å². The van der Waals surface area contributed by atoms with Gasteiger partial charge in [0.1, 0.15) is 17.2 Å².